The number of alkyl halides is 3. The number of benzene rings is 2. The Morgan fingerprint density at radius 3 is 2.70 bits per heavy atom. The van der Waals surface area contributed by atoms with E-state index in [9.17, 15) is 18.0 Å². The summed E-state index contributed by atoms with van der Waals surface area (Å²) in [6.07, 6.45) is -3.90. The van der Waals surface area contributed by atoms with Crippen molar-refractivity contribution in [3.63, 3.8) is 0 Å². The molecule has 0 bridgehead atoms. The zero-order valence-electron chi connectivity index (χ0n) is 18.2. The molecule has 1 saturated heterocycles. The molecule has 3 aromatic rings. The second kappa shape index (κ2) is 9.38. The zero-order valence-corrected chi connectivity index (χ0v) is 19.0. The van der Waals surface area contributed by atoms with E-state index in [0.717, 1.165) is 28.6 Å². The molecule has 0 aliphatic carbocycles. The minimum Gasteiger partial charge on any atom is -0.497 e. The first kappa shape index (κ1) is 23.0. The molecule has 0 N–H and O–H groups in total. The van der Waals surface area contributed by atoms with Gasteiger partial charge in [0.2, 0.25) is 5.13 Å². The van der Waals surface area contributed by atoms with Gasteiger partial charge in [-0.1, -0.05) is 18.2 Å². The summed E-state index contributed by atoms with van der Waals surface area (Å²) in [4.78, 5) is 21.2. The molecule has 174 valence electrons. The minimum atomic E-state index is -4.49. The lowest BCUT2D eigenvalue weighted by Gasteiger charge is -2.39. The van der Waals surface area contributed by atoms with Gasteiger partial charge in [0.15, 0.2) is 0 Å². The number of hydrogen-bond donors (Lipinski definition) is 0. The lowest BCUT2D eigenvalue weighted by Crippen LogP contribution is -2.54. The van der Waals surface area contributed by atoms with Crippen molar-refractivity contribution >= 4 is 22.6 Å². The topological polar surface area (TPSA) is 58.6 Å². The molecular weight excluding hydrogens is 453 g/mol. The SMILES string of the molecule is COc1cccc(Cc2nsc(N3CCN(C(=O)c4cccc(C(F)(F)F)c4)C(C)C3)n2)c1. The Morgan fingerprint density at radius 1 is 1.18 bits per heavy atom. The third kappa shape index (κ3) is 5.27. The quantitative estimate of drug-likeness (QED) is 0.543. The molecule has 1 aliphatic heterocycles. The Labute approximate surface area is 193 Å². The van der Waals surface area contributed by atoms with Gasteiger partial charge >= 0.3 is 6.18 Å². The van der Waals surface area contributed by atoms with Crippen molar-refractivity contribution in [2.75, 3.05) is 31.6 Å². The van der Waals surface area contributed by atoms with Crippen LogP contribution in [0.4, 0.5) is 18.3 Å². The lowest BCUT2D eigenvalue weighted by atomic mass is 10.1. The van der Waals surface area contributed by atoms with E-state index in [4.69, 9.17) is 4.74 Å². The van der Waals surface area contributed by atoms with E-state index in [1.165, 1.54) is 23.7 Å². The molecule has 2 heterocycles. The molecule has 1 unspecified atom stereocenters. The molecule has 1 fully saturated rings. The van der Waals surface area contributed by atoms with E-state index in [1.807, 2.05) is 31.2 Å². The molecule has 6 nitrogen and oxygen atoms in total. The number of carbonyl (C=O) groups is 1. The molecule has 0 spiro atoms. The highest BCUT2D eigenvalue weighted by molar-refractivity contribution is 7.09. The standard InChI is InChI=1S/C23H23F3N4O2S/c1-15-14-29(22-27-20(28-33-22)12-16-5-3-8-19(11-16)32-2)9-10-30(15)21(31)17-6-4-7-18(13-17)23(24,25)26/h3-8,11,13,15H,9-10,12,14H2,1-2H3. The predicted octanol–water partition coefficient (Wildman–Crippen LogP) is 4.51. The van der Waals surface area contributed by atoms with Crippen molar-refractivity contribution < 1.29 is 22.7 Å². The van der Waals surface area contributed by atoms with Crippen molar-refractivity contribution in [3.05, 3.63) is 71.0 Å². The van der Waals surface area contributed by atoms with E-state index >= 15 is 0 Å². The van der Waals surface area contributed by atoms with Crippen molar-refractivity contribution in [3.8, 4) is 5.75 Å². The maximum absolute atomic E-state index is 13.0. The number of halogens is 3. The second-order valence-corrected chi connectivity index (χ2v) is 8.62. The number of amides is 1. The van der Waals surface area contributed by atoms with Crippen LogP contribution in [0.5, 0.6) is 5.75 Å². The minimum absolute atomic E-state index is 0.0432. The first-order valence-corrected chi connectivity index (χ1v) is 11.2. The molecule has 4 rings (SSSR count). The van der Waals surface area contributed by atoms with E-state index in [1.54, 1.807) is 12.0 Å². The highest BCUT2D eigenvalue weighted by atomic mass is 32.1. The van der Waals surface area contributed by atoms with Gasteiger partial charge in [0.25, 0.3) is 5.91 Å². The van der Waals surface area contributed by atoms with Gasteiger partial charge in [-0.3, -0.25) is 4.79 Å². The first-order chi connectivity index (χ1) is 15.7. The lowest BCUT2D eigenvalue weighted by molar-refractivity contribution is -0.137. The van der Waals surface area contributed by atoms with Crippen molar-refractivity contribution in [2.45, 2.75) is 25.6 Å². The summed E-state index contributed by atoms with van der Waals surface area (Å²) in [5.74, 6) is 1.08. The summed E-state index contributed by atoms with van der Waals surface area (Å²) >= 11 is 1.30. The Bertz CT molecular complexity index is 1130. The van der Waals surface area contributed by atoms with Crippen molar-refractivity contribution in [2.24, 2.45) is 0 Å². The Morgan fingerprint density at radius 2 is 1.97 bits per heavy atom. The van der Waals surface area contributed by atoms with Crippen molar-refractivity contribution in [1.29, 1.82) is 0 Å². The average molecular weight is 477 g/mol. The van der Waals surface area contributed by atoms with Gasteiger partial charge < -0.3 is 14.5 Å². The monoisotopic (exact) mass is 476 g/mol. The van der Waals surface area contributed by atoms with Crippen LogP contribution in [-0.2, 0) is 12.6 Å². The van der Waals surface area contributed by atoms with Crippen LogP contribution in [0, 0.1) is 0 Å². The summed E-state index contributed by atoms with van der Waals surface area (Å²) in [7, 11) is 1.62. The largest absolute Gasteiger partial charge is 0.497 e. The molecule has 33 heavy (non-hydrogen) atoms. The van der Waals surface area contributed by atoms with Crippen LogP contribution in [0.15, 0.2) is 48.5 Å². The van der Waals surface area contributed by atoms with E-state index in [0.29, 0.717) is 31.9 Å². The number of aromatic nitrogens is 2. The maximum Gasteiger partial charge on any atom is 0.416 e. The number of carbonyl (C=O) groups excluding carboxylic acids is 1. The molecule has 0 saturated carbocycles. The van der Waals surface area contributed by atoms with E-state index in [2.05, 4.69) is 14.3 Å². The number of anilines is 1. The van der Waals surface area contributed by atoms with Crippen LogP contribution >= 0.6 is 11.5 Å². The van der Waals surface area contributed by atoms with Crippen LogP contribution < -0.4 is 9.64 Å². The molecule has 0 radical (unpaired) electrons. The van der Waals surface area contributed by atoms with Crippen molar-refractivity contribution in [1.82, 2.24) is 14.3 Å². The normalized spacial score (nSPS) is 16.7. The average Bonchev–Trinajstić information content (AvgIpc) is 3.26. The highest BCUT2D eigenvalue weighted by Crippen LogP contribution is 2.30. The van der Waals surface area contributed by atoms with Crippen LogP contribution in [-0.4, -0.2) is 53.0 Å². The second-order valence-electron chi connectivity index (χ2n) is 7.89. The van der Waals surface area contributed by atoms with Gasteiger partial charge in [-0.15, -0.1) is 0 Å². The van der Waals surface area contributed by atoms with Crippen LogP contribution in [0.1, 0.15) is 34.2 Å². The van der Waals surface area contributed by atoms with E-state index in [-0.39, 0.29) is 11.6 Å². The van der Waals surface area contributed by atoms with E-state index < -0.39 is 17.6 Å². The summed E-state index contributed by atoms with van der Waals surface area (Å²) in [6, 6.07) is 12.1. The zero-order chi connectivity index (χ0) is 23.6. The van der Waals surface area contributed by atoms with Crippen LogP contribution in [0.25, 0.3) is 0 Å². The summed E-state index contributed by atoms with van der Waals surface area (Å²) in [5, 5.41) is 0.769. The van der Waals surface area contributed by atoms with Gasteiger partial charge in [0.1, 0.15) is 11.6 Å². The number of methoxy groups -OCH3 is 1. The molecule has 1 aromatic heterocycles. The Kier molecular flexibility index (Phi) is 6.55. The first-order valence-electron chi connectivity index (χ1n) is 10.4. The summed E-state index contributed by atoms with van der Waals surface area (Å²) in [5.41, 5.74) is 0.266. The fourth-order valence-electron chi connectivity index (χ4n) is 3.84. The Hall–Kier alpha value is -3.14. The summed E-state index contributed by atoms with van der Waals surface area (Å²) < 4.78 is 48.8. The number of ether oxygens (including phenoxy) is 1. The van der Waals surface area contributed by atoms with Gasteiger partial charge in [-0.05, 0) is 42.8 Å². The third-order valence-corrected chi connectivity index (χ3v) is 6.36. The van der Waals surface area contributed by atoms with Gasteiger partial charge in [-0.2, -0.15) is 17.5 Å². The molecular formula is C23H23F3N4O2S. The van der Waals surface area contributed by atoms with Crippen LogP contribution in [0.3, 0.4) is 0 Å². The number of hydrogen-bond acceptors (Lipinski definition) is 6. The number of nitrogens with zero attached hydrogens (tertiary/aromatic N) is 4. The van der Waals surface area contributed by atoms with Gasteiger partial charge in [0, 0.05) is 49.2 Å². The molecule has 1 atom stereocenters. The van der Waals surface area contributed by atoms with Gasteiger partial charge in [0.05, 0.1) is 12.7 Å². The summed E-state index contributed by atoms with van der Waals surface area (Å²) in [6.45, 7) is 3.33. The fourth-order valence-corrected chi connectivity index (χ4v) is 4.56. The Balaban J connectivity index is 1.41. The number of rotatable bonds is 5. The van der Waals surface area contributed by atoms with Crippen LogP contribution in [0.2, 0.25) is 0 Å². The smallest absolute Gasteiger partial charge is 0.416 e. The molecule has 10 heteroatoms. The molecule has 2 aromatic carbocycles. The number of piperazine rings is 1. The highest BCUT2D eigenvalue weighted by Gasteiger charge is 2.33. The van der Waals surface area contributed by atoms with Gasteiger partial charge in [-0.25, -0.2) is 4.98 Å². The molecule has 1 amide bonds. The third-order valence-electron chi connectivity index (χ3n) is 5.55. The maximum atomic E-state index is 13.0. The fraction of sp³-hybridized carbons (Fsp3) is 0.348. The molecule has 1 aliphatic rings. The predicted molar refractivity (Wildman–Crippen MR) is 120 cm³/mol.